The van der Waals surface area contributed by atoms with Crippen molar-refractivity contribution in [3.05, 3.63) is 29.8 Å². The van der Waals surface area contributed by atoms with Gasteiger partial charge in [-0.05, 0) is 11.6 Å². The molecule has 72 valence electrons. The van der Waals surface area contributed by atoms with E-state index in [1.807, 2.05) is 0 Å². The molecule has 3 N–H and O–H groups in total. The van der Waals surface area contributed by atoms with Crippen molar-refractivity contribution in [3.63, 3.8) is 0 Å². The van der Waals surface area contributed by atoms with Gasteiger partial charge in [0.05, 0.1) is 12.1 Å². The van der Waals surface area contributed by atoms with Gasteiger partial charge in [-0.2, -0.15) is 13.2 Å². The number of nitrogen functional groups attached to an aromatic ring is 1. The van der Waals surface area contributed by atoms with Crippen molar-refractivity contribution in [3.8, 4) is 0 Å². The second-order valence-electron chi connectivity index (χ2n) is 2.59. The third-order valence-electron chi connectivity index (χ3n) is 1.56. The van der Waals surface area contributed by atoms with Crippen LogP contribution in [0.2, 0.25) is 0 Å². The number of nitrogens with one attached hydrogen (secondary N) is 1. The Morgan fingerprint density at radius 3 is 2.38 bits per heavy atom. The summed E-state index contributed by atoms with van der Waals surface area (Å²) >= 11 is 0. The minimum absolute atomic E-state index is 0.150. The summed E-state index contributed by atoms with van der Waals surface area (Å²) in [7, 11) is 0. The van der Waals surface area contributed by atoms with Gasteiger partial charge < -0.3 is 5.43 Å². The SMILES string of the molecule is NNc1ccccc1CC(F)(F)F. The van der Waals surface area contributed by atoms with Crippen LogP contribution in [-0.2, 0) is 6.42 Å². The fourth-order valence-electron chi connectivity index (χ4n) is 1.03. The molecule has 0 fully saturated rings. The zero-order valence-electron chi connectivity index (χ0n) is 6.73. The number of para-hydroxylation sites is 1. The summed E-state index contributed by atoms with van der Waals surface area (Å²) in [6.07, 6.45) is -5.17. The zero-order chi connectivity index (χ0) is 9.90. The number of anilines is 1. The van der Waals surface area contributed by atoms with E-state index in [1.165, 1.54) is 12.1 Å². The summed E-state index contributed by atoms with van der Waals surface area (Å²) in [6, 6.07) is 6.06. The van der Waals surface area contributed by atoms with E-state index in [1.54, 1.807) is 12.1 Å². The van der Waals surface area contributed by atoms with Crippen LogP contribution in [0.4, 0.5) is 18.9 Å². The van der Waals surface area contributed by atoms with Crippen LogP contribution in [0.3, 0.4) is 0 Å². The van der Waals surface area contributed by atoms with Crippen molar-refractivity contribution in [1.29, 1.82) is 0 Å². The van der Waals surface area contributed by atoms with Crippen LogP contribution in [0, 0.1) is 0 Å². The molecule has 13 heavy (non-hydrogen) atoms. The molecule has 1 aromatic carbocycles. The number of hydrogen-bond acceptors (Lipinski definition) is 2. The summed E-state index contributed by atoms with van der Waals surface area (Å²) in [5.41, 5.74) is 2.67. The van der Waals surface area contributed by atoms with Crippen molar-refractivity contribution in [2.45, 2.75) is 12.6 Å². The van der Waals surface area contributed by atoms with Gasteiger partial charge in [0.2, 0.25) is 0 Å². The molecule has 1 aromatic rings. The molecule has 0 saturated carbocycles. The molecule has 0 atom stereocenters. The highest BCUT2D eigenvalue weighted by molar-refractivity contribution is 5.50. The summed E-state index contributed by atoms with van der Waals surface area (Å²) in [5.74, 6) is 5.05. The van der Waals surface area contributed by atoms with Gasteiger partial charge in [0.25, 0.3) is 0 Å². The smallest absolute Gasteiger partial charge is 0.324 e. The summed E-state index contributed by atoms with van der Waals surface area (Å²) in [5, 5.41) is 0. The van der Waals surface area contributed by atoms with Gasteiger partial charge in [-0.1, -0.05) is 18.2 Å². The van der Waals surface area contributed by atoms with E-state index >= 15 is 0 Å². The standard InChI is InChI=1S/C8H9F3N2/c9-8(10,11)5-6-3-1-2-4-7(6)13-12/h1-4,13H,5,12H2. The number of alkyl halides is 3. The lowest BCUT2D eigenvalue weighted by Crippen LogP contribution is -2.15. The first-order valence-corrected chi connectivity index (χ1v) is 3.64. The average Bonchev–Trinajstić information content (AvgIpc) is 2.02. The Morgan fingerprint density at radius 1 is 1.23 bits per heavy atom. The number of hydrogen-bond donors (Lipinski definition) is 2. The Hall–Kier alpha value is -1.23. The van der Waals surface area contributed by atoms with Crippen LogP contribution in [-0.4, -0.2) is 6.18 Å². The molecule has 0 aromatic heterocycles. The van der Waals surface area contributed by atoms with Crippen LogP contribution in [0.25, 0.3) is 0 Å². The van der Waals surface area contributed by atoms with Gasteiger partial charge in [-0.25, -0.2) is 0 Å². The second kappa shape index (κ2) is 3.66. The summed E-state index contributed by atoms with van der Waals surface area (Å²) < 4.78 is 36.0. The van der Waals surface area contributed by atoms with Gasteiger partial charge in [0.1, 0.15) is 0 Å². The molecule has 0 bridgehead atoms. The zero-order valence-corrected chi connectivity index (χ0v) is 6.73. The molecular formula is C8H9F3N2. The Kier molecular flexibility index (Phi) is 2.77. The summed E-state index contributed by atoms with van der Waals surface area (Å²) in [4.78, 5) is 0. The van der Waals surface area contributed by atoms with Crippen molar-refractivity contribution in [2.75, 3.05) is 5.43 Å². The fraction of sp³-hybridized carbons (Fsp3) is 0.250. The quantitative estimate of drug-likeness (QED) is 0.553. The van der Waals surface area contributed by atoms with Gasteiger partial charge in [-0.15, -0.1) is 0 Å². The lowest BCUT2D eigenvalue weighted by Gasteiger charge is -2.10. The molecule has 0 amide bonds. The van der Waals surface area contributed by atoms with Crippen LogP contribution in [0.1, 0.15) is 5.56 Å². The van der Waals surface area contributed by atoms with Crippen LogP contribution in [0.5, 0.6) is 0 Å². The largest absolute Gasteiger partial charge is 0.393 e. The molecule has 0 aliphatic heterocycles. The van der Waals surface area contributed by atoms with Gasteiger partial charge in [-0.3, -0.25) is 5.84 Å². The van der Waals surface area contributed by atoms with Crippen molar-refractivity contribution < 1.29 is 13.2 Å². The van der Waals surface area contributed by atoms with Crippen LogP contribution < -0.4 is 11.3 Å². The van der Waals surface area contributed by atoms with Gasteiger partial charge >= 0.3 is 6.18 Å². The number of rotatable bonds is 2. The Labute approximate surface area is 73.5 Å². The first-order valence-electron chi connectivity index (χ1n) is 3.64. The average molecular weight is 190 g/mol. The molecule has 0 aliphatic carbocycles. The molecule has 0 aliphatic rings. The predicted molar refractivity (Wildman–Crippen MR) is 44.0 cm³/mol. The molecule has 1 rings (SSSR count). The topological polar surface area (TPSA) is 38.0 Å². The normalized spacial score (nSPS) is 11.4. The minimum Gasteiger partial charge on any atom is -0.324 e. The van der Waals surface area contributed by atoms with E-state index in [2.05, 4.69) is 5.43 Å². The molecule has 5 heteroatoms. The van der Waals surface area contributed by atoms with Crippen LogP contribution in [0.15, 0.2) is 24.3 Å². The maximum atomic E-state index is 12.0. The minimum atomic E-state index is -4.20. The molecule has 0 saturated heterocycles. The third kappa shape index (κ3) is 2.95. The molecule has 0 radical (unpaired) electrons. The first kappa shape index (κ1) is 9.85. The van der Waals surface area contributed by atoms with Crippen molar-refractivity contribution in [1.82, 2.24) is 0 Å². The number of benzene rings is 1. The predicted octanol–water partition coefficient (Wildman–Crippen LogP) is 2.08. The number of hydrazine groups is 1. The highest BCUT2D eigenvalue weighted by atomic mass is 19.4. The second-order valence-corrected chi connectivity index (χ2v) is 2.59. The molecule has 2 nitrogen and oxygen atoms in total. The van der Waals surface area contributed by atoms with E-state index in [0.717, 1.165) is 0 Å². The van der Waals surface area contributed by atoms with Crippen molar-refractivity contribution in [2.24, 2.45) is 5.84 Å². The van der Waals surface area contributed by atoms with E-state index < -0.39 is 12.6 Å². The summed E-state index contributed by atoms with van der Waals surface area (Å²) in [6.45, 7) is 0. The molecule has 0 heterocycles. The highest BCUT2D eigenvalue weighted by Crippen LogP contribution is 2.25. The number of nitrogens with two attached hydrogens (primary N) is 1. The van der Waals surface area contributed by atoms with E-state index in [4.69, 9.17) is 5.84 Å². The van der Waals surface area contributed by atoms with E-state index in [-0.39, 0.29) is 5.56 Å². The molecular weight excluding hydrogens is 181 g/mol. The van der Waals surface area contributed by atoms with Crippen LogP contribution >= 0.6 is 0 Å². The Bertz CT molecular complexity index is 283. The molecule has 0 spiro atoms. The third-order valence-corrected chi connectivity index (χ3v) is 1.56. The van der Waals surface area contributed by atoms with Gasteiger partial charge in [0.15, 0.2) is 0 Å². The highest BCUT2D eigenvalue weighted by Gasteiger charge is 2.28. The lowest BCUT2D eigenvalue weighted by atomic mass is 10.1. The number of halogens is 3. The maximum absolute atomic E-state index is 12.0. The Morgan fingerprint density at radius 2 is 1.85 bits per heavy atom. The molecule has 0 unspecified atom stereocenters. The first-order chi connectivity index (χ1) is 6.03. The lowest BCUT2D eigenvalue weighted by molar-refractivity contribution is -0.127. The maximum Gasteiger partial charge on any atom is 0.393 e. The fourth-order valence-corrected chi connectivity index (χ4v) is 1.03. The van der Waals surface area contributed by atoms with Crippen molar-refractivity contribution >= 4 is 5.69 Å². The monoisotopic (exact) mass is 190 g/mol. The van der Waals surface area contributed by atoms with Gasteiger partial charge in [0, 0.05) is 0 Å². The Balaban J connectivity index is 2.87. The van der Waals surface area contributed by atoms with E-state index in [9.17, 15) is 13.2 Å². The van der Waals surface area contributed by atoms with E-state index in [0.29, 0.717) is 5.69 Å².